The minimum absolute atomic E-state index is 0.0768. The number of anilines is 2. The largest absolute Gasteiger partial charge is 0.347 e. The summed E-state index contributed by atoms with van der Waals surface area (Å²) in [5.74, 6) is 1.04. The third-order valence-corrected chi connectivity index (χ3v) is 5.10. The number of carbonyl (C=O) groups excluding carboxylic acids is 1. The Kier molecular flexibility index (Phi) is 4.12. The highest BCUT2D eigenvalue weighted by atomic mass is 19.1. The molecule has 28 heavy (non-hydrogen) atoms. The van der Waals surface area contributed by atoms with Crippen molar-refractivity contribution in [2.24, 2.45) is 0 Å². The summed E-state index contributed by atoms with van der Waals surface area (Å²) in [4.78, 5) is 31.2. The number of imidazole rings is 1. The average Bonchev–Trinajstić information content (AvgIpc) is 3.42. The maximum absolute atomic E-state index is 13.8. The monoisotopic (exact) mass is 382 g/mol. The first-order valence-corrected chi connectivity index (χ1v) is 9.27. The number of rotatable bonds is 4. The van der Waals surface area contributed by atoms with Gasteiger partial charge in [-0.1, -0.05) is 0 Å². The number of hydrogen-bond acceptors (Lipinski definition) is 7. The molecule has 2 aliphatic rings. The summed E-state index contributed by atoms with van der Waals surface area (Å²) in [7, 11) is 0. The van der Waals surface area contributed by atoms with Crippen molar-refractivity contribution in [2.45, 2.75) is 25.1 Å². The van der Waals surface area contributed by atoms with E-state index in [0.29, 0.717) is 49.2 Å². The lowest BCUT2D eigenvalue weighted by Crippen LogP contribution is -2.30. The molecule has 3 aromatic rings. The highest BCUT2D eigenvalue weighted by Gasteiger charge is 2.27. The Hall–Kier alpha value is -3.14. The number of nitrogens with zero attached hydrogens (tertiary/aromatic N) is 6. The summed E-state index contributed by atoms with van der Waals surface area (Å²) in [6.45, 7) is 1.53. The number of nitrogens with one attached hydrogen (secondary N) is 2. The van der Waals surface area contributed by atoms with E-state index in [1.165, 1.54) is 0 Å². The van der Waals surface area contributed by atoms with E-state index >= 15 is 0 Å². The zero-order valence-electron chi connectivity index (χ0n) is 15.0. The van der Waals surface area contributed by atoms with Gasteiger partial charge >= 0.3 is 0 Å². The van der Waals surface area contributed by atoms with Crippen LogP contribution in [0.5, 0.6) is 0 Å². The number of amides is 1. The second kappa shape index (κ2) is 6.79. The van der Waals surface area contributed by atoms with Gasteiger partial charge in [-0.2, -0.15) is 0 Å². The van der Waals surface area contributed by atoms with Gasteiger partial charge in [-0.3, -0.25) is 14.1 Å². The molecule has 2 N–H and O–H groups in total. The number of hydrogen-bond donors (Lipinski definition) is 2. The van der Waals surface area contributed by atoms with Gasteiger partial charge in [0.1, 0.15) is 6.17 Å². The molecule has 144 valence electrons. The van der Waals surface area contributed by atoms with E-state index in [-0.39, 0.29) is 11.9 Å². The van der Waals surface area contributed by atoms with Gasteiger partial charge in [-0.05, 0) is 12.5 Å². The number of carbonyl (C=O) groups is 1. The summed E-state index contributed by atoms with van der Waals surface area (Å²) in [5, 5.41) is 6.05. The van der Waals surface area contributed by atoms with E-state index in [1.807, 2.05) is 4.40 Å². The van der Waals surface area contributed by atoms with Crippen LogP contribution in [0.25, 0.3) is 17.0 Å². The maximum Gasteiger partial charge on any atom is 0.228 e. The van der Waals surface area contributed by atoms with Crippen molar-refractivity contribution in [2.75, 3.05) is 29.9 Å². The smallest absolute Gasteiger partial charge is 0.228 e. The molecule has 2 atom stereocenters. The second-order valence-corrected chi connectivity index (χ2v) is 6.96. The molecule has 2 saturated heterocycles. The fourth-order valence-corrected chi connectivity index (χ4v) is 3.62. The number of alkyl halides is 1. The Morgan fingerprint density at radius 2 is 2.14 bits per heavy atom. The highest BCUT2D eigenvalue weighted by Crippen LogP contribution is 2.24. The molecular weight excluding hydrogens is 363 g/mol. The summed E-state index contributed by atoms with van der Waals surface area (Å²) >= 11 is 0. The lowest BCUT2D eigenvalue weighted by Gasteiger charge is -2.15. The van der Waals surface area contributed by atoms with Crippen molar-refractivity contribution >= 4 is 23.3 Å². The summed E-state index contributed by atoms with van der Waals surface area (Å²) in [6.07, 6.45) is 7.18. The molecule has 2 aliphatic heterocycles. The lowest BCUT2D eigenvalue weighted by atomic mass is 10.2. The van der Waals surface area contributed by atoms with E-state index in [0.717, 1.165) is 12.1 Å². The van der Waals surface area contributed by atoms with Crippen LogP contribution in [0.2, 0.25) is 0 Å². The van der Waals surface area contributed by atoms with Crippen LogP contribution in [0.3, 0.4) is 0 Å². The van der Waals surface area contributed by atoms with Crippen LogP contribution in [0, 0.1) is 0 Å². The first-order chi connectivity index (χ1) is 13.7. The van der Waals surface area contributed by atoms with Crippen molar-refractivity contribution in [1.29, 1.82) is 0 Å². The molecular formula is C18H19FN8O. The van der Waals surface area contributed by atoms with Gasteiger partial charge in [0.25, 0.3) is 0 Å². The average molecular weight is 382 g/mol. The zero-order valence-corrected chi connectivity index (χ0v) is 15.0. The first-order valence-electron chi connectivity index (χ1n) is 9.27. The van der Waals surface area contributed by atoms with Crippen LogP contribution in [0.4, 0.5) is 16.2 Å². The summed E-state index contributed by atoms with van der Waals surface area (Å²) in [5.41, 5.74) is 2.05. The molecule has 0 radical (unpaired) electrons. The predicted molar refractivity (Wildman–Crippen MR) is 101 cm³/mol. The minimum atomic E-state index is -0.977. The Labute approximate surface area is 160 Å². The molecule has 9 nitrogen and oxygen atoms in total. The highest BCUT2D eigenvalue weighted by molar-refractivity contribution is 5.94. The number of aromatic nitrogens is 5. The van der Waals surface area contributed by atoms with Crippen LogP contribution in [0.15, 0.2) is 30.9 Å². The van der Waals surface area contributed by atoms with E-state index in [1.54, 1.807) is 35.8 Å². The van der Waals surface area contributed by atoms with Gasteiger partial charge in [-0.25, -0.2) is 24.3 Å². The van der Waals surface area contributed by atoms with Gasteiger partial charge < -0.3 is 10.6 Å². The second-order valence-electron chi connectivity index (χ2n) is 6.96. The van der Waals surface area contributed by atoms with E-state index in [9.17, 15) is 9.18 Å². The minimum Gasteiger partial charge on any atom is -0.347 e. The van der Waals surface area contributed by atoms with E-state index in [4.69, 9.17) is 0 Å². The Bertz CT molecular complexity index is 1040. The van der Waals surface area contributed by atoms with Crippen molar-refractivity contribution in [3.05, 3.63) is 30.9 Å². The van der Waals surface area contributed by atoms with Crippen LogP contribution in [-0.2, 0) is 4.79 Å². The molecule has 0 aliphatic carbocycles. The molecule has 0 spiro atoms. The fourth-order valence-electron chi connectivity index (χ4n) is 3.62. The number of fused-ring (bicyclic) bond motifs is 1. The van der Waals surface area contributed by atoms with E-state index < -0.39 is 6.17 Å². The van der Waals surface area contributed by atoms with Crippen LogP contribution in [0.1, 0.15) is 12.8 Å². The number of halogens is 1. The topological polar surface area (TPSA) is 100 Å². The fraction of sp³-hybridized carbons (Fsp3) is 0.389. The molecule has 2 fully saturated rings. The Morgan fingerprint density at radius 1 is 1.21 bits per heavy atom. The van der Waals surface area contributed by atoms with Gasteiger partial charge in [0.15, 0.2) is 11.5 Å². The maximum atomic E-state index is 13.8. The normalized spacial score (nSPS) is 22.3. The molecule has 3 aromatic heterocycles. The zero-order chi connectivity index (χ0) is 19.1. The van der Waals surface area contributed by atoms with Gasteiger partial charge in [0.05, 0.1) is 36.0 Å². The van der Waals surface area contributed by atoms with Crippen molar-refractivity contribution in [3.8, 4) is 11.4 Å². The van der Waals surface area contributed by atoms with E-state index in [2.05, 4.69) is 30.6 Å². The van der Waals surface area contributed by atoms with Crippen molar-refractivity contribution < 1.29 is 9.18 Å². The molecule has 5 rings (SSSR count). The molecule has 10 heteroatoms. The van der Waals surface area contributed by atoms with Crippen molar-refractivity contribution in [3.63, 3.8) is 0 Å². The molecule has 0 aromatic carbocycles. The summed E-state index contributed by atoms with van der Waals surface area (Å²) < 4.78 is 15.7. The molecule has 0 saturated carbocycles. The van der Waals surface area contributed by atoms with Crippen molar-refractivity contribution in [1.82, 2.24) is 29.7 Å². The van der Waals surface area contributed by atoms with Crippen LogP contribution >= 0.6 is 0 Å². The van der Waals surface area contributed by atoms with Crippen LogP contribution < -0.4 is 15.5 Å². The SMILES string of the molecule is O=C1CCCN1c1cn2c(-c3ccnc(N[C@H]4CNC[C@@H]4F)n3)cnc2cn1. The standard InChI is InChI=1S/C18H19FN8O/c19-11-6-20-7-13(11)25-18-21-4-3-12(24-18)14-8-22-15-9-23-16(10-27(14)15)26-5-1-2-17(26)28/h3-4,8-11,13,20H,1-2,5-7H2,(H,21,24,25)/t11-,13-/m0/s1. The predicted octanol–water partition coefficient (Wildman–Crippen LogP) is 1.03. The van der Waals surface area contributed by atoms with Gasteiger partial charge in [-0.15, -0.1) is 0 Å². The molecule has 0 bridgehead atoms. The van der Waals surface area contributed by atoms with Gasteiger partial charge in [0, 0.05) is 32.3 Å². The molecule has 0 unspecified atom stereocenters. The first kappa shape index (κ1) is 17.0. The van der Waals surface area contributed by atoms with Gasteiger partial charge in [0.2, 0.25) is 11.9 Å². The quantitative estimate of drug-likeness (QED) is 0.695. The Morgan fingerprint density at radius 3 is 2.93 bits per heavy atom. The lowest BCUT2D eigenvalue weighted by molar-refractivity contribution is -0.117. The molecule has 5 heterocycles. The Balaban J connectivity index is 1.48. The third-order valence-electron chi connectivity index (χ3n) is 5.10. The molecule has 1 amide bonds. The van der Waals surface area contributed by atoms with Crippen LogP contribution in [-0.4, -0.2) is 62.1 Å². The summed E-state index contributed by atoms with van der Waals surface area (Å²) in [6, 6.07) is 1.42. The third kappa shape index (κ3) is 2.95.